The van der Waals surface area contributed by atoms with E-state index >= 15 is 0 Å². The molecule has 0 spiro atoms. The van der Waals surface area contributed by atoms with Crippen molar-refractivity contribution in [3.63, 3.8) is 0 Å². The predicted octanol–water partition coefficient (Wildman–Crippen LogP) is 1.73. The van der Waals surface area contributed by atoms with Gasteiger partial charge in [-0.2, -0.15) is 5.10 Å². The van der Waals surface area contributed by atoms with E-state index in [1.807, 2.05) is 25.2 Å². The Balaban J connectivity index is 1.89. The Bertz CT molecular complexity index is 640. The first-order chi connectivity index (χ1) is 9.94. The summed E-state index contributed by atoms with van der Waals surface area (Å²) in [6, 6.07) is 4.99. The molecule has 0 aliphatic rings. The quantitative estimate of drug-likeness (QED) is 0.825. The molecule has 2 aromatic rings. The van der Waals surface area contributed by atoms with Crippen molar-refractivity contribution in [3.05, 3.63) is 41.2 Å². The molecule has 0 atom stereocenters. The van der Waals surface area contributed by atoms with Crippen LogP contribution >= 0.6 is 11.6 Å². The van der Waals surface area contributed by atoms with Crippen LogP contribution in [0, 0.1) is 0 Å². The smallest absolute Gasteiger partial charge is 0.238 e. The molecule has 112 valence electrons. The van der Waals surface area contributed by atoms with Gasteiger partial charge >= 0.3 is 0 Å². The van der Waals surface area contributed by atoms with Crippen LogP contribution in [0.1, 0.15) is 5.56 Å². The van der Waals surface area contributed by atoms with Crippen molar-refractivity contribution in [3.8, 4) is 0 Å². The van der Waals surface area contributed by atoms with Gasteiger partial charge in [0, 0.05) is 31.0 Å². The molecule has 1 amide bonds. The summed E-state index contributed by atoms with van der Waals surface area (Å²) in [7, 11) is 3.73. The maximum Gasteiger partial charge on any atom is 0.238 e. The number of carbonyl (C=O) groups is 1. The molecule has 0 bridgehead atoms. The number of anilines is 2. The van der Waals surface area contributed by atoms with Crippen molar-refractivity contribution in [1.29, 1.82) is 0 Å². The van der Waals surface area contributed by atoms with Crippen LogP contribution in [0.2, 0.25) is 5.02 Å². The van der Waals surface area contributed by atoms with Gasteiger partial charge in [0.1, 0.15) is 0 Å². The van der Waals surface area contributed by atoms with Gasteiger partial charge in [-0.1, -0.05) is 11.6 Å². The molecule has 1 aromatic carbocycles. The zero-order valence-electron chi connectivity index (χ0n) is 12.0. The average Bonchev–Trinajstić information content (AvgIpc) is 2.78. The summed E-state index contributed by atoms with van der Waals surface area (Å²) >= 11 is 6.02. The number of hydrogen-bond acceptors (Lipinski definition) is 4. The van der Waals surface area contributed by atoms with Gasteiger partial charge < -0.3 is 11.1 Å². The Labute approximate surface area is 128 Å². The Morgan fingerprint density at radius 1 is 1.52 bits per heavy atom. The number of nitrogens with two attached hydrogens (primary N) is 1. The largest absolute Gasteiger partial charge is 0.399 e. The van der Waals surface area contributed by atoms with E-state index < -0.39 is 0 Å². The van der Waals surface area contributed by atoms with E-state index in [0.717, 1.165) is 5.56 Å². The number of hydrogen-bond donors (Lipinski definition) is 2. The first kappa shape index (κ1) is 15.3. The molecule has 1 aromatic heterocycles. The minimum absolute atomic E-state index is 0.131. The molecule has 0 saturated heterocycles. The molecule has 0 aliphatic heterocycles. The minimum atomic E-state index is -0.131. The minimum Gasteiger partial charge on any atom is -0.399 e. The standard InChI is InChI=1S/C14H18ClN5O/c1-19(7-10-6-17-20(2)8-10)9-14(21)18-13-4-3-11(16)5-12(13)15/h3-6,8H,7,9,16H2,1-2H3,(H,18,21). The zero-order chi connectivity index (χ0) is 15.4. The van der Waals surface area contributed by atoms with E-state index in [9.17, 15) is 4.79 Å². The van der Waals surface area contributed by atoms with Crippen molar-refractivity contribution in [2.45, 2.75) is 6.54 Å². The summed E-state index contributed by atoms with van der Waals surface area (Å²) in [5, 5.41) is 7.30. The number of nitrogens with one attached hydrogen (secondary N) is 1. The zero-order valence-corrected chi connectivity index (χ0v) is 12.8. The van der Waals surface area contributed by atoms with Gasteiger partial charge in [0.2, 0.25) is 5.91 Å². The second-order valence-corrected chi connectivity index (χ2v) is 5.39. The number of rotatable bonds is 5. The van der Waals surface area contributed by atoms with E-state index in [1.54, 1.807) is 29.1 Å². The first-order valence-corrected chi connectivity index (χ1v) is 6.83. The number of carbonyl (C=O) groups excluding carboxylic acids is 1. The third-order valence-corrected chi connectivity index (χ3v) is 3.20. The highest BCUT2D eigenvalue weighted by Gasteiger charge is 2.10. The summed E-state index contributed by atoms with van der Waals surface area (Å²) < 4.78 is 1.73. The van der Waals surface area contributed by atoms with Crippen molar-refractivity contribution in [2.24, 2.45) is 7.05 Å². The molecule has 1 heterocycles. The number of aryl methyl sites for hydroxylation is 1. The normalized spacial score (nSPS) is 10.9. The van der Waals surface area contributed by atoms with E-state index in [1.165, 1.54) is 0 Å². The van der Waals surface area contributed by atoms with Gasteiger partial charge in [0.25, 0.3) is 0 Å². The maximum absolute atomic E-state index is 12.0. The fraction of sp³-hybridized carbons (Fsp3) is 0.286. The Morgan fingerprint density at radius 3 is 2.90 bits per heavy atom. The molecule has 0 radical (unpaired) electrons. The highest BCUT2D eigenvalue weighted by Crippen LogP contribution is 2.23. The lowest BCUT2D eigenvalue weighted by Gasteiger charge is -2.15. The van der Waals surface area contributed by atoms with Crippen molar-refractivity contribution >= 4 is 28.9 Å². The monoisotopic (exact) mass is 307 g/mol. The Hall–Kier alpha value is -2.05. The lowest BCUT2D eigenvalue weighted by molar-refractivity contribution is -0.117. The van der Waals surface area contributed by atoms with Gasteiger partial charge in [-0.3, -0.25) is 14.4 Å². The van der Waals surface area contributed by atoms with Crippen LogP contribution in [-0.2, 0) is 18.4 Å². The average molecular weight is 308 g/mol. The van der Waals surface area contributed by atoms with E-state index in [2.05, 4.69) is 10.4 Å². The molecule has 3 N–H and O–H groups in total. The fourth-order valence-corrected chi connectivity index (χ4v) is 2.22. The number of amides is 1. The molecule has 6 nitrogen and oxygen atoms in total. The number of aromatic nitrogens is 2. The topological polar surface area (TPSA) is 76.2 Å². The lowest BCUT2D eigenvalue weighted by atomic mass is 10.3. The third kappa shape index (κ3) is 4.47. The van der Waals surface area contributed by atoms with Gasteiger partial charge in [0.05, 0.1) is 23.5 Å². The van der Waals surface area contributed by atoms with Crippen LogP contribution in [0.15, 0.2) is 30.6 Å². The van der Waals surface area contributed by atoms with E-state index in [-0.39, 0.29) is 12.5 Å². The highest BCUT2D eigenvalue weighted by molar-refractivity contribution is 6.34. The number of halogens is 1. The van der Waals surface area contributed by atoms with E-state index in [4.69, 9.17) is 17.3 Å². The summed E-state index contributed by atoms with van der Waals surface area (Å²) in [5.74, 6) is -0.131. The van der Waals surface area contributed by atoms with Crippen molar-refractivity contribution < 1.29 is 4.79 Å². The van der Waals surface area contributed by atoms with Gasteiger partial charge in [-0.05, 0) is 25.2 Å². The van der Waals surface area contributed by atoms with Crippen LogP contribution in [0.5, 0.6) is 0 Å². The van der Waals surface area contributed by atoms with Gasteiger partial charge in [0.15, 0.2) is 0 Å². The maximum atomic E-state index is 12.0. The van der Waals surface area contributed by atoms with Gasteiger partial charge in [-0.15, -0.1) is 0 Å². The van der Waals surface area contributed by atoms with Crippen LogP contribution in [0.25, 0.3) is 0 Å². The number of nitrogens with zero attached hydrogens (tertiary/aromatic N) is 3. The van der Waals surface area contributed by atoms with Crippen LogP contribution < -0.4 is 11.1 Å². The van der Waals surface area contributed by atoms with Crippen LogP contribution in [0.4, 0.5) is 11.4 Å². The molecule has 0 saturated carbocycles. The highest BCUT2D eigenvalue weighted by atomic mass is 35.5. The molecule has 0 unspecified atom stereocenters. The van der Waals surface area contributed by atoms with Crippen molar-refractivity contribution in [2.75, 3.05) is 24.6 Å². The second kappa shape index (κ2) is 6.60. The SMILES string of the molecule is CN(CC(=O)Nc1ccc(N)cc1Cl)Cc1cnn(C)c1. The summed E-state index contributed by atoms with van der Waals surface area (Å²) in [6.45, 7) is 0.909. The molecule has 2 rings (SSSR count). The summed E-state index contributed by atoms with van der Waals surface area (Å²) in [4.78, 5) is 13.9. The molecular formula is C14H18ClN5O. The van der Waals surface area contributed by atoms with Crippen molar-refractivity contribution in [1.82, 2.24) is 14.7 Å². The lowest BCUT2D eigenvalue weighted by Crippen LogP contribution is -2.29. The predicted molar refractivity (Wildman–Crippen MR) is 84.0 cm³/mol. The first-order valence-electron chi connectivity index (χ1n) is 6.45. The Morgan fingerprint density at radius 2 is 2.29 bits per heavy atom. The molecule has 21 heavy (non-hydrogen) atoms. The number of likely N-dealkylation sites (N-methyl/N-ethyl adjacent to an activating group) is 1. The molecular weight excluding hydrogens is 290 g/mol. The molecule has 7 heteroatoms. The second-order valence-electron chi connectivity index (χ2n) is 4.98. The summed E-state index contributed by atoms with van der Waals surface area (Å²) in [5.41, 5.74) is 7.79. The van der Waals surface area contributed by atoms with E-state index in [0.29, 0.717) is 22.9 Å². The molecule has 0 fully saturated rings. The fourth-order valence-electron chi connectivity index (χ4n) is 1.99. The van der Waals surface area contributed by atoms with Crippen LogP contribution in [-0.4, -0.2) is 34.2 Å². The number of nitrogen functional groups attached to an aromatic ring is 1. The number of benzene rings is 1. The van der Waals surface area contributed by atoms with Gasteiger partial charge in [-0.25, -0.2) is 0 Å². The Kier molecular flexibility index (Phi) is 4.82. The van der Waals surface area contributed by atoms with Crippen LogP contribution in [0.3, 0.4) is 0 Å². The summed E-state index contributed by atoms with van der Waals surface area (Å²) in [6.07, 6.45) is 3.70. The molecule has 0 aliphatic carbocycles. The third-order valence-electron chi connectivity index (χ3n) is 2.89.